The standard InChI is InChI=1S/C18H24N4OS/c1-13(2)22-12-19-21-18(22)24-11-17(23)20-16-10-6-4-8-14-7-3-5-9-15(14)16/h3,5,7,9,12-13,16H,4,6,8,10-11H2,1-2H3,(H,20,23)/t16-/m1/s1. The number of thioether (sulfide) groups is 1. The zero-order chi connectivity index (χ0) is 16.9. The molecule has 1 aromatic carbocycles. The molecular weight excluding hydrogens is 320 g/mol. The highest BCUT2D eigenvalue weighted by atomic mass is 32.2. The molecule has 0 saturated heterocycles. The van der Waals surface area contributed by atoms with E-state index < -0.39 is 0 Å². The summed E-state index contributed by atoms with van der Waals surface area (Å²) in [7, 11) is 0. The molecule has 2 aromatic rings. The van der Waals surface area contributed by atoms with Crippen LogP contribution in [0.4, 0.5) is 0 Å². The molecule has 5 nitrogen and oxygen atoms in total. The summed E-state index contributed by atoms with van der Waals surface area (Å²) >= 11 is 1.44. The lowest BCUT2D eigenvalue weighted by Gasteiger charge is -2.19. The lowest BCUT2D eigenvalue weighted by molar-refractivity contribution is -0.119. The van der Waals surface area contributed by atoms with Gasteiger partial charge in [0, 0.05) is 6.04 Å². The number of hydrogen-bond acceptors (Lipinski definition) is 4. The molecule has 0 bridgehead atoms. The van der Waals surface area contributed by atoms with Crippen molar-refractivity contribution in [1.29, 1.82) is 0 Å². The van der Waals surface area contributed by atoms with Gasteiger partial charge in [0.05, 0.1) is 11.8 Å². The molecule has 24 heavy (non-hydrogen) atoms. The Morgan fingerprint density at radius 3 is 3.04 bits per heavy atom. The van der Waals surface area contributed by atoms with Crippen molar-refractivity contribution in [3.05, 3.63) is 41.7 Å². The summed E-state index contributed by atoms with van der Waals surface area (Å²) in [6.45, 7) is 4.16. The lowest BCUT2D eigenvalue weighted by Crippen LogP contribution is -2.30. The Bertz CT molecular complexity index is 698. The van der Waals surface area contributed by atoms with Gasteiger partial charge in [-0.25, -0.2) is 0 Å². The number of nitrogens with zero attached hydrogens (tertiary/aromatic N) is 3. The second-order valence-corrected chi connectivity index (χ2v) is 7.41. The van der Waals surface area contributed by atoms with E-state index in [1.807, 2.05) is 4.57 Å². The summed E-state index contributed by atoms with van der Waals surface area (Å²) in [4.78, 5) is 12.4. The molecular formula is C18H24N4OS. The Kier molecular flexibility index (Phi) is 5.56. The van der Waals surface area contributed by atoms with Gasteiger partial charge in [-0.2, -0.15) is 0 Å². The molecule has 0 radical (unpaired) electrons. The van der Waals surface area contributed by atoms with Gasteiger partial charge in [-0.05, 0) is 44.2 Å². The molecule has 1 atom stereocenters. The van der Waals surface area contributed by atoms with Gasteiger partial charge in [0.25, 0.3) is 0 Å². The Labute approximate surface area is 147 Å². The van der Waals surface area contributed by atoms with Gasteiger partial charge in [0.2, 0.25) is 5.91 Å². The molecule has 0 fully saturated rings. The molecule has 1 heterocycles. The molecule has 1 N–H and O–H groups in total. The van der Waals surface area contributed by atoms with Crippen molar-refractivity contribution in [1.82, 2.24) is 20.1 Å². The smallest absolute Gasteiger partial charge is 0.230 e. The Balaban J connectivity index is 1.62. The van der Waals surface area contributed by atoms with Crippen molar-refractivity contribution in [2.45, 2.75) is 56.8 Å². The van der Waals surface area contributed by atoms with Gasteiger partial charge in [0.15, 0.2) is 5.16 Å². The fourth-order valence-electron chi connectivity index (χ4n) is 3.13. The van der Waals surface area contributed by atoms with E-state index in [-0.39, 0.29) is 11.9 Å². The number of rotatable bonds is 5. The van der Waals surface area contributed by atoms with Crippen LogP contribution in [0, 0.1) is 0 Å². The molecule has 0 aliphatic heterocycles. The van der Waals surface area contributed by atoms with Crippen molar-refractivity contribution >= 4 is 17.7 Å². The first kappa shape index (κ1) is 17.0. The van der Waals surface area contributed by atoms with Crippen LogP contribution in [-0.2, 0) is 11.2 Å². The van der Waals surface area contributed by atoms with E-state index in [4.69, 9.17) is 0 Å². The van der Waals surface area contributed by atoms with Gasteiger partial charge in [-0.3, -0.25) is 4.79 Å². The first-order valence-corrected chi connectivity index (χ1v) is 9.53. The minimum absolute atomic E-state index is 0.0556. The average Bonchev–Trinajstić information content (AvgIpc) is 2.96. The monoisotopic (exact) mass is 344 g/mol. The van der Waals surface area contributed by atoms with Crippen molar-refractivity contribution in [3.63, 3.8) is 0 Å². The van der Waals surface area contributed by atoms with Crippen LogP contribution in [0.1, 0.15) is 56.3 Å². The van der Waals surface area contributed by atoms with E-state index >= 15 is 0 Å². The maximum atomic E-state index is 12.4. The number of aromatic nitrogens is 3. The van der Waals surface area contributed by atoms with E-state index in [0.717, 1.165) is 24.4 Å². The number of carbonyl (C=O) groups excluding carboxylic acids is 1. The molecule has 1 aromatic heterocycles. The van der Waals surface area contributed by atoms with Crippen molar-refractivity contribution in [2.75, 3.05) is 5.75 Å². The van der Waals surface area contributed by atoms with E-state index in [9.17, 15) is 4.79 Å². The third-order valence-corrected chi connectivity index (χ3v) is 5.34. The molecule has 0 unspecified atom stereocenters. The highest BCUT2D eigenvalue weighted by molar-refractivity contribution is 7.99. The van der Waals surface area contributed by atoms with Crippen molar-refractivity contribution < 1.29 is 4.79 Å². The highest BCUT2D eigenvalue weighted by Crippen LogP contribution is 2.28. The number of aryl methyl sites for hydroxylation is 1. The molecule has 6 heteroatoms. The van der Waals surface area contributed by atoms with Crippen LogP contribution in [-0.4, -0.2) is 26.4 Å². The van der Waals surface area contributed by atoms with E-state index in [2.05, 4.69) is 53.6 Å². The van der Waals surface area contributed by atoms with Crippen molar-refractivity contribution in [2.24, 2.45) is 0 Å². The van der Waals surface area contributed by atoms with Gasteiger partial charge >= 0.3 is 0 Å². The molecule has 3 rings (SSSR count). The summed E-state index contributed by atoms with van der Waals surface area (Å²) in [6, 6.07) is 8.88. The maximum Gasteiger partial charge on any atom is 0.230 e. The quantitative estimate of drug-likeness (QED) is 0.666. The first-order chi connectivity index (χ1) is 11.6. The fourth-order valence-corrected chi connectivity index (χ4v) is 3.98. The third kappa shape index (κ3) is 3.98. The van der Waals surface area contributed by atoms with E-state index in [1.54, 1.807) is 6.33 Å². The summed E-state index contributed by atoms with van der Waals surface area (Å²) in [5.74, 6) is 0.421. The van der Waals surface area contributed by atoms with Crippen LogP contribution < -0.4 is 5.32 Å². The zero-order valence-electron chi connectivity index (χ0n) is 14.2. The number of amides is 1. The predicted octanol–water partition coefficient (Wildman–Crippen LogP) is 3.54. The number of hydrogen-bond donors (Lipinski definition) is 1. The molecule has 1 amide bonds. The van der Waals surface area contributed by atoms with Crippen LogP contribution in [0.2, 0.25) is 0 Å². The lowest BCUT2D eigenvalue weighted by atomic mass is 9.99. The van der Waals surface area contributed by atoms with E-state index in [1.165, 1.54) is 29.3 Å². The SMILES string of the molecule is CC(C)n1cnnc1SCC(=O)N[C@@H]1CCCCc2ccccc21. The molecule has 128 valence electrons. The zero-order valence-corrected chi connectivity index (χ0v) is 15.1. The topological polar surface area (TPSA) is 59.8 Å². The molecule has 1 aliphatic rings. The normalized spacial score (nSPS) is 17.4. The molecule has 1 aliphatic carbocycles. The Morgan fingerprint density at radius 1 is 1.38 bits per heavy atom. The predicted molar refractivity (Wildman–Crippen MR) is 96.0 cm³/mol. The minimum atomic E-state index is 0.0556. The minimum Gasteiger partial charge on any atom is -0.349 e. The fraction of sp³-hybridized carbons (Fsp3) is 0.500. The largest absolute Gasteiger partial charge is 0.349 e. The van der Waals surface area contributed by atoms with Gasteiger partial charge < -0.3 is 9.88 Å². The van der Waals surface area contributed by atoms with Gasteiger partial charge in [-0.1, -0.05) is 42.4 Å². The highest BCUT2D eigenvalue weighted by Gasteiger charge is 2.20. The molecule has 0 saturated carbocycles. The van der Waals surface area contributed by atoms with Gasteiger partial charge in [0.1, 0.15) is 6.33 Å². The first-order valence-electron chi connectivity index (χ1n) is 8.54. The van der Waals surface area contributed by atoms with E-state index in [0.29, 0.717) is 11.8 Å². The van der Waals surface area contributed by atoms with Crippen LogP contribution >= 0.6 is 11.8 Å². The van der Waals surface area contributed by atoms with Crippen molar-refractivity contribution in [3.8, 4) is 0 Å². The van der Waals surface area contributed by atoms with Crippen LogP contribution in [0.5, 0.6) is 0 Å². The van der Waals surface area contributed by atoms with Crippen LogP contribution in [0.3, 0.4) is 0 Å². The summed E-state index contributed by atoms with van der Waals surface area (Å²) in [5.41, 5.74) is 2.64. The number of benzene rings is 1. The summed E-state index contributed by atoms with van der Waals surface area (Å²) < 4.78 is 1.99. The third-order valence-electron chi connectivity index (χ3n) is 4.38. The number of nitrogens with one attached hydrogen (secondary N) is 1. The summed E-state index contributed by atoms with van der Waals surface area (Å²) in [5, 5.41) is 12.0. The molecule has 0 spiro atoms. The van der Waals surface area contributed by atoms with Crippen LogP contribution in [0.25, 0.3) is 0 Å². The van der Waals surface area contributed by atoms with Crippen LogP contribution in [0.15, 0.2) is 35.7 Å². The average molecular weight is 344 g/mol. The number of carbonyl (C=O) groups is 1. The Morgan fingerprint density at radius 2 is 2.21 bits per heavy atom. The summed E-state index contributed by atoms with van der Waals surface area (Å²) in [6.07, 6.45) is 6.17. The second-order valence-electron chi connectivity index (χ2n) is 6.47. The number of fused-ring (bicyclic) bond motifs is 1. The van der Waals surface area contributed by atoms with Gasteiger partial charge in [-0.15, -0.1) is 10.2 Å². The maximum absolute atomic E-state index is 12.4. The Hall–Kier alpha value is -1.82. The second kappa shape index (κ2) is 7.83.